The van der Waals surface area contributed by atoms with Crippen molar-refractivity contribution in [3.05, 3.63) is 28.3 Å². The van der Waals surface area contributed by atoms with Gasteiger partial charge in [0.2, 0.25) is 0 Å². The average molecular weight is 272 g/mol. The normalized spacial score (nSPS) is 10.5. The highest BCUT2D eigenvalue weighted by Gasteiger charge is 2.09. The molecule has 1 aromatic carbocycles. The van der Waals surface area contributed by atoms with Crippen molar-refractivity contribution in [2.24, 2.45) is 0 Å². The largest absolute Gasteiger partial charge is 0.496 e. The summed E-state index contributed by atoms with van der Waals surface area (Å²) in [5.41, 5.74) is 5.91. The lowest BCUT2D eigenvalue weighted by Crippen LogP contribution is -2.12. The second kappa shape index (κ2) is 5.52. The quantitative estimate of drug-likeness (QED) is 0.672. The van der Waals surface area contributed by atoms with E-state index in [9.17, 15) is 0 Å². The Kier molecular flexibility index (Phi) is 4.61. The lowest BCUT2D eigenvalue weighted by molar-refractivity contribution is 0.408. The van der Waals surface area contributed by atoms with Crippen LogP contribution in [0.5, 0.6) is 5.75 Å². The Labute approximate surface area is 100 Å². The molecule has 0 atom stereocenters. The predicted molar refractivity (Wildman–Crippen MR) is 67.8 cm³/mol. The van der Waals surface area contributed by atoms with Gasteiger partial charge in [0.15, 0.2) is 0 Å². The Balaban J connectivity index is 3.10. The third kappa shape index (κ3) is 2.73. The van der Waals surface area contributed by atoms with Gasteiger partial charge in [-0.2, -0.15) is 0 Å². The monoisotopic (exact) mass is 271 g/mol. The fraction of sp³-hybridized carbons (Fsp3) is 0.500. The molecule has 0 spiro atoms. The van der Waals surface area contributed by atoms with Crippen molar-refractivity contribution >= 4 is 15.9 Å². The summed E-state index contributed by atoms with van der Waals surface area (Å²) in [7, 11) is 1.73. The van der Waals surface area contributed by atoms with E-state index in [4.69, 9.17) is 4.74 Å². The molecule has 0 aliphatic rings. The number of hydrogen-bond donors (Lipinski definition) is 1. The highest BCUT2D eigenvalue weighted by Crippen LogP contribution is 2.28. The Morgan fingerprint density at radius 2 is 1.93 bits per heavy atom. The second-order valence-corrected chi connectivity index (χ2v) is 4.26. The van der Waals surface area contributed by atoms with Crippen molar-refractivity contribution < 1.29 is 4.74 Å². The Hall–Kier alpha value is -0.540. The lowest BCUT2D eigenvalue weighted by Gasteiger charge is -2.15. The maximum Gasteiger partial charge on any atom is 0.124 e. The minimum Gasteiger partial charge on any atom is -0.496 e. The van der Waals surface area contributed by atoms with Crippen molar-refractivity contribution in [2.45, 2.75) is 27.3 Å². The number of nitrogens with one attached hydrogen (secondary N) is 1. The van der Waals surface area contributed by atoms with Crippen LogP contribution in [0.15, 0.2) is 6.07 Å². The van der Waals surface area contributed by atoms with E-state index >= 15 is 0 Å². The first-order valence-electron chi connectivity index (χ1n) is 5.02. The molecule has 1 aromatic rings. The van der Waals surface area contributed by atoms with Crippen LogP contribution < -0.4 is 10.1 Å². The third-order valence-electron chi connectivity index (χ3n) is 2.75. The second-order valence-electron chi connectivity index (χ2n) is 3.70. The molecule has 2 nitrogen and oxygen atoms in total. The molecule has 0 saturated carbocycles. The van der Waals surface area contributed by atoms with Gasteiger partial charge in [0, 0.05) is 6.54 Å². The van der Waals surface area contributed by atoms with Crippen LogP contribution in [0.1, 0.15) is 22.3 Å². The number of aryl methyl sites for hydroxylation is 1. The molecule has 0 saturated heterocycles. The number of rotatable bonds is 4. The van der Waals surface area contributed by atoms with E-state index in [1.807, 2.05) is 0 Å². The minimum absolute atomic E-state index is 0.816. The SMILES string of the molecule is COc1c(C)cc(CNCBr)c(C)c1C. The van der Waals surface area contributed by atoms with Crippen molar-refractivity contribution in [2.75, 3.05) is 12.6 Å². The summed E-state index contributed by atoms with van der Waals surface area (Å²) in [6.07, 6.45) is 0. The zero-order chi connectivity index (χ0) is 11.4. The smallest absolute Gasteiger partial charge is 0.124 e. The average Bonchev–Trinajstić information content (AvgIpc) is 2.22. The van der Waals surface area contributed by atoms with Crippen LogP contribution in [0.4, 0.5) is 0 Å². The fourth-order valence-corrected chi connectivity index (χ4v) is 2.02. The van der Waals surface area contributed by atoms with Crippen molar-refractivity contribution in [1.82, 2.24) is 5.32 Å². The van der Waals surface area contributed by atoms with Gasteiger partial charge in [-0.25, -0.2) is 0 Å². The van der Waals surface area contributed by atoms with Gasteiger partial charge in [-0.15, -0.1) is 0 Å². The van der Waals surface area contributed by atoms with Gasteiger partial charge in [-0.05, 0) is 43.0 Å². The Morgan fingerprint density at radius 3 is 2.47 bits per heavy atom. The molecule has 0 heterocycles. The predicted octanol–water partition coefficient (Wildman–Crippen LogP) is 3.06. The summed E-state index contributed by atoms with van der Waals surface area (Å²) >= 11 is 3.36. The maximum absolute atomic E-state index is 5.39. The summed E-state index contributed by atoms with van der Waals surface area (Å²) in [6, 6.07) is 2.19. The molecule has 0 unspecified atom stereocenters. The molecule has 15 heavy (non-hydrogen) atoms. The summed E-state index contributed by atoms with van der Waals surface area (Å²) in [5.74, 6) is 1.01. The van der Waals surface area contributed by atoms with E-state index in [2.05, 4.69) is 48.1 Å². The van der Waals surface area contributed by atoms with Gasteiger partial charge in [-0.1, -0.05) is 22.0 Å². The number of methoxy groups -OCH3 is 1. The van der Waals surface area contributed by atoms with E-state index in [1.54, 1.807) is 7.11 Å². The van der Waals surface area contributed by atoms with Crippen LogP contribution in [0.3, 0.4) is 0 Å². The van der Waals surface area contributed by atoms with Gasteiger partial charge >= 0.3 is 0 Å². The molecule has 0 bridgehead atoms. The van der Waals surface area contributed by atoms with Gasteiger partial charge in [-0.3, -0.25) is 0 Å². The molecule has 1 N–H and O–H groups in total. The van der Waals surface area contributed by atoms with E-state index in [0.717, 1.165) is 17.7 Å². The third-order valence-corrected chi connectivity index (χ3v) is 3.14. The van der Waals surface area contributed by atoms with Crippen LogP contribution >= 0.6 is 15.9 Å². The first-order valence-corrected chi connectivity index (χ1v) is 6.14. The highest BCUT2D eigenvalue weighted by molar-refractivity contribution is 9.09. The summed E-state index contributed by atoms with van der Waals surface area (Å²) in [5, 5.41) is 3.27. The Bertz CT molecular complexity index is 350. The first kappa shape index (κ1) is 12.5. The summed E-state index contributed by atoms with van der Waals surface area (Å²) in [6.45, 7) is 7.23. The van der Waals surface area contributed by atoms with Crippen LogP contribution in [-0.2, 0) is 6.54 Å². The molecule has 0 fully saturated rings. The standard InChI is InChI=1S/C12H18BrNO/c1-8-5-11(6-14-7-13)9(2)10(3)12(8)15-4/h5,14H,6-7H2,1-4H3. The molecule has 3 heteroatoms. The van der Waals surface area contributed by atoms with Gasteiger partial charge < -0.3 is 10.1 Å². The fourth-order valence-electron chi connectivity index (χ4n) is 1.82. The Morgan fingerprint density at radius 1 is 1.27 bits per heavy atom. The zero-order valence-corrected chi connectivity index (χ0v) is 11.4. The number of benzene rings is 1. The van der Waals surface area contributed by atoms with E-state index in [-0.39, 0.29) is 0 Å². The number of halogens is 1. The molecular weight excluding hydrogens is 254 g/mol. The first-order chi connectivity index (χ1) is 7.11. The van der Waals surface area contributed by atoms with Gasteiger partial charge in [0.05, 0.1) is 12.6 Å². The van der Waals surface area contributed by atoms with Crippen molar-refractivity contribution in [3.63, 3.8) is 0 Å². The van der Waals surface area contributed by atoms with Crippen LogP contribution in [0.25, 0.3) is 0 Å². The minimum atomic E-state index is 0.816. The van der Waals surface area contributed by atoms with Crippen LogP contribution in [0.2, 0.25) is 0 Å². The molecule has 0 radical (unpaired) electrons. The topological polar surface area (TPSA) is 21.3 Å². The van der Waals surface area contributed by atoms with Gasteiger partial charge in [0.25, 0.3) is 0 Å². The molecular formula is C12H18BrNO. The van der Waals surface area contributed by atoms with Crippen LogP contribution in [0, 0.1) is 20.8 Å². The molecule has 0 amide bonds. The van der Waals surface area contributed by atoms with Crippen LogP contribution in [-0.4, -0.2) is 12.6 Å². The maximum atomic E-state index is 5.39. The summed E-state index contributed by atoms with van der Waals surface area (Å²) in [4.78, 5) is 0. The summed E-state index contributed by atoms with van der Waals surface area (Å²) < 4.78 is 5.39. The van der Waals surface area contributed by atoms with E-state index in [0.29, 0.717) is 0 Å². The van der Waals surface area contributed by atoms with E-state index in [1.165, 1.54) is 22.3 Å². The number of hydrogen-bond acceptors (Lipinski definition) is 2. The zero-order valence-electron chi connectivity index (χ0n) is 9.78. The highest BCUT2D eigenvalue weighted by atomic mass is 79.9. The molecule has 0 aromatic heterocycles. The van der Waals surface area contributed by atoms with E-state index < -0.39 is 0 Å². The number of ether oxygens (including phenoxy) is 1. The molecule has 1 rings (SSSR count). The number of alkyl halides is 1. The van der Waals surface area contributed by atoms with Gasteiger partial charge in [0.1, 0.15) is 5.75 Å². The van der Waals surface area contributed by atoms with Crippen molar-refractivity contribution in [3.8, 4) is 5.75 Å². The lowest BCUT2D eigenvalue weighted by atomic mass is 9.98. The molecule has 84 valence electrons. The van der Waals surface area contributed by atoms with Crippen molar-refractivity contribution in [1.29, 1.82) is 0 Å². The molecule has 0 aliphatic carbocycles. The molecule has 0 aliphatic heterocycles.